The van der Waals surface area contributed by atoms with E-state index in [-0.39, 0.29) is 0 Å². The molecule has 0 aromatic carbocycles. The van der Waals surface area contributed by atoms with Crippen molar-refractivity contribution < 1.29 is 0 Å². The third kappa shape index (κ3) is 5.05. The van der Waals surface area contributed by atoms with Crippen LogP contribution in [0, 0.1) is 9.40 Å². The van der Waals surface area contributed by atoms with Gasteiger partial charge in [-0.25, -0.2) is 0 Å². The Morgan fingerprint density at radius 2 is 1.46 bits per heavy atom. The number of hydrogen-bond donors (Lipinski definition) is 0. The van der Waals surface area contributed by atoms with Crippen LogP contribution in [0.25, 0.3) is 0 Å². The maximum absolute atomic E-state index is 3.69. The second kappa shape index (κ2) is 7.85. The van der Waals surface area contributed by atoms with E-state index in [0.717, 1.165) is 6.42 Å². The van der Waals surface area contributed by atoms with E-state index in [1.54, 1.807) is 0 Å². The first kappa shape index (κ1) is 13.5. The van der Waals surface area contributed by atoms with Crippen molar-refractivity contribution in [1.82, 2.24) is 0 Å². The Hall–Kier alpha value is 0.482. The molecule has 0 rings (SSSR count). The van der Waals surface area contributed by atoms with E-state index >= 15 is 0 Å². The Morgan fingerprint density at radius 1 is 0.923 bits per heavy atom. The molecule has 0 atom stereocenters. The van der Waals surface area contributed by atoms with Crippen LogP contribution >= 0.6 is 0 Å². The molecule has 0 aliphatic carbocycles. The van der Waals surface area contributed by atoms with Crippen LogP contribution in [-0.4, -0.2) is 21.2 Å². The van der Waals surface area contributed by atoms with Crippen molar-refractivity contribution in [1.29, 1.82) is 0 Å². The monoisotopic (exact) mass is 376 g/mol. The molecule has 0 radical (unpaired) electrons. The van der Waals surface area contributed by atoms with Crippen molar-refractivity contribution in [2.24, 2.45) is 0 Å². The van der Waals surface area contributed by atoms with Gasteiger partial charge in [-0.3, -0.25) is 0 Å². The van der Waals surface area contributed by atoms with E-state index in [1.165, 1.54) is 24.8 Å². The van der Waals surface area contributed by atoms with Gasteiger partial charge in [0.1, 0.15) is 0 Å². The van der Waals surface area contributed by atoms with Gasteiger partial charge in [0.25, 0.3) is 0 Å². The first-order valence-corrected chi connectivity index (χ1v) is 15.9. The van der Waals surface area contributed by atoms with Gasteiger partial charge in [0.15, 0.2) is 0 Å². The second-order valence-corrected chi connectivity index (χ2v) is 22.9. The van der Waals surface area contributed by atoms with E-state index < -0.39 is 21.2 Å². The van der Waals surface area contributed by atoms with Crippen LogP contribution in [0.4, 0.5) is 0 Å². The van der Waals surface area contributed by atoms with E-state index in [2.05, 4.69) is 37.1 Å². The third-order valence-electron chi connectivity index (χ3n) is 3.04. The Balaban J connectivity index is 4.11. The second-order valence-electron chi connectivity index (χ2n) is 3.75. The molecule has 0 spiro atoms. The first-order chi connectivity index (χ1) is 6.24. The van der Waals surface area contributed by atoms with Gasteiger partial charge < -0.3 is 0 Å². The summed E-state index contributed by atoms with van der Waals surface area (Å²) in [6.07, 6.45) is 3.70. The summed E-state index contributed by atoms with van der Waals surface area (Å²) in [5, 5.41) is 0. The number of rotatable bonds is 5. The molecule has 13 heavy (non-hydrogen) atoms. The van der Waals surface area contributed by atoms with Crippen LogP contribution in [-0.2, 0) is 0 Å². The Kier molecular flexibility index (Phi) is 8.14. The molecule has 0 N–H and O–H groups in total. The summed E-state index contributed by atoms with van der Waals surface area (Å²) in [6, 6.07) is 0. The molecule has 0 aliphatic heterocycles. The normalized spacial score (nSPS) is 10.8. The molecule has 0 saturated carbocycles. The molecule has 0 nitrogen and oxygen atoms in total. The van der Waals surface area contributed by atoms with Crippen LogP contribution in [0.1, 0.15) is 47.0 Å². The summed E-state index contributed by atoms with van der Waals surface area (Å²) in [6.45, 7) is 9.29. The van der Waals surface area contributed by atoms with Crippen molar-refractivity contribution in [3.63, 3.8) is 0 Å². The van der Waals surface area contributed by atoms with Gasteiger partial charge >= 0.3 is 89.5 Å². The zero-order valence-corrected chi connectivity index (χ0v) is 13.6. The van der Waals surface area contributed by atoms with Crippen LogP contribution in [0.3, 0.4) is 0 Å². The van der Waals surface area contributed by atoms with Crippen molar-refractivity contribution in [3.05, 3.63) is 0 Å². The summed E-state index contributed by atoms with van der Waals surface area (Å²) >= 11 is -1.99. The summed E-state index contributed by atoms with van der Waals surface area (Å²) in [5.41, 5.74) is 0. The summed E-state index contributed by atoms with van der Waals surface area (Å²) < 4.78 is 7.94. The zero-order chi connectivity index (χ0) is 10.2. The molecule has 0 fully saturated rings. The van der Waals surface area contributed by atoms with E-state index in [0.29, 0.717) is 0 Å². The molecule has 0 heterocycles. The fourth-order valence-corrected chi connectivity index (χ4v) is 11.4. The summed E-state index contributed by atoms with van der Waals surface area (Å²) in [4.78, 5) is 0. The predicted molar refractivity (Wildman–Crippen MR) is 64.5 cm³/mol. The summed E-state index contributed by atoms with van der Waals surface area (Å²) in [7, 11) is 0. The van der Waals surface area contributed by atoms with Crippen LogP contribution in [0.15, 0.2) is 0 Å². The molecule has 0 bridgehead atoms. The van der Waals surface area contributed by atoms with E-state index in [9.17, 15) is 0 Å². The van der Waals surface area contributed by atoms with Gasteiger partial charge in [0, 0.05) is 0 Å². The zero-order valence-electron chi connectivity index (χ0n) is 9.74. The van der Waals surface area contributed by atoms with E-state index in [4.69, 9.17) is 0 Å². The minimum atomic E-state index is -1.99. The fourth-order valence-electron chi connectivity index (χ4n) is 1.53. The Labute approximate surface area is 89.2 Å². The molecular formula is C12H24Pb. The average Bonchev–Trinajstić information content (AvgIpc) is 2.20. The van der Waals surface area contributed by atoms with Gasteiger partial charge in [-0.05, 0) is 0 Å². The Morgan fingerprint density at radius 3 is 1.85 bits per heavy atom. The van der Waals surface area contributed by atoms with Gasteiger partial charge in [-0.2, -0.15) is 0 Å². The number of hydrogen-bond acceptors (Lipinski definition) is 0. The minimum absolute atomic E-state index is 1.14. The fraction of sp³-hybridized carbons (Fsp3) is 0.833. The molecule has 0 saturated heterocycles. The molecular weight excluding hydrogens is 351 g/mol. The molecule has 0 aromatic heterocycles. The van der Waals surface area contributed by atoms with Crippen molar-refractivity contribution in [2.75, 3.05) is 0 Å². The van der Waals surface area contributed by atoms with Crippen LogP contribution in [0.5, 0.6) is 0 Å². The van der Waals surface area contributed by atoms with Gasteiger partial charge in [-0.15, -0.1) is 0 Å². The third-order valence-corrected chi connectivity index (χ3v) is 21.6. The number of unbranched alkanes of at least 4 members (excludes halogenated alkanes) is 2. The molecule has 0 aliphatic rings. The quantitative estimate of drug-likeness (QED) is 0.383. The maximum atomic E-state index is 3.69. The topological polar surface area (TPSA) is 0 Å². The summed E-state index contributed by atoms with van der Waals surface area (Å²) in [5.74, 6) is 3.43. The van der Waals surface area contributed by atoms with Gasteiger partial charge in [0.05, 0.1) is 0 Å². The Bertz CT molecular complexity index is 161. The first-order valence-electron chi connectivity index (χ1n) is 5.74. The predicted octanol–water partition coefficient (Wildman–Crippen LogP) is 4.23. The average molecular weight is 376 g/mol. The van der Waals surface area contributed by atoms with Crippen molar-refractivity contribution in [3.8, 4) is 9.40 Å². The molecule has 0 aromatic rings. The van der Waals surface area contributed by atoms with Crippen molar-refractivity contribution in [2.45, 2.75) is 58.9 Å². The van der Waals surface area contributed by atoms with Crippen LogP contribution in [0.2, 0.25) is 11.9 Å². The standard InChI is InChI=1S/C6H9.3C2H5.Pb/c1-3-5-6-4-2;3*1-2;/h3,5-6H2,1H3;3*1H2,2H3;. The molecule has 1 heteroatoms. The molecule has 0 unspecified atom stereocenters. The van der Waals surface area contributed by atoms with Crippen molar-refractivity contribution >= 4 is 21.2 Å². The molecule has 76 valence electrons. The van der Waals surface area contributed by atoms with E-state index in [1.807, 2.05) is 0 Å². The van der Waals surface area contributed by atoms with Gasteiger partial charge in [-0.1, -0.05) is 0 Å². The molecule has 0 amide bonds. The van der Waals surface area contributed by atoms with Crippen LogP contribution < -0.4 is 0 Å². The SMILES string of the molecule is CCCCC#[C][Pb]([CH2]C)([CH2]C)[CH2]C. The van der Waals surface area contributed by atoms with Gasteiger partial charge in [0.2, 0.25) is 0 Å².